The van der Waals surface area contributed by atoms with Gasteiger partial charge in [0.15, 0.2) is 0 Å². The van der Waals surface area contributed by atoms with Gasteiger partial charge in [-0.25, -0.2) is 4.68 Å². The van der Waals surface area contributed by atoms with Crippen molar-refractivity contribution < 1.29 is 5.11 Å². The monoisotopic (exact) mass is 282 g/mol. The molecule has 3 rings (SSSR count). The molecule has 1 N–H and O–H groups in total. The molecule has 0 aliphatic carbocycles. The summed E-state index contributed by atoms with van der Waals surface area (Å²) in [5.41, 5.74) is 2.09. The Morgan fingerprint density at radius 1 is 0.905 bits per heavy atom. The minimum atomic E-state index is 0.00924. The Bertz CT molecular complexity index is 787. The summed E-state index contributed by atoms with van der Waals surface area (Å²) in [5.74, 6) is 0. The summed E-state index contributed by atoms with van der Waals surface area (Å²) in [4.78, 5) is 12.5. The highest BCUT2D eigenvalue weighted by molar-refractivity contribution is 5.78. The molecule has 1 heterocycles. The van der Waals surface area contributed by atoms with Crippen LogP contribution in [0.25, 0.3) is 10.9 Å². The van der Waals surface area contributed by atoms with Crippen molar-refractivity contribution in [2.75, 3.05) is 6.61 Å². The Labute approximate surface area is 122 Å². The molecule has 0 amide bonds. The van der Waals surface area contributed by atoms with Crippen LogP contribution in [0.2, 0.25) is 0 Å². The van der Waals surface area contributed by atoms with Gasteiger partial charge in [-0.05, 0) is 24.1 Å². The van der Waals surface area contributed by atoms with E-state index in [4.69, 9.17) is 5.11 Å². The summed E-state index contributed by atoms with van der Waals surface area (Å²) in [6.45, 7) is 1.26. The Morgan fingerprint density at radius 3 is 2.38 bits per heavy atom. The second-order valence-electron chi connectivity index (χ2n) is 5.07. The Hall–Kier alpha value is -2.33. The van der Waals surface area contributed by atoms with Crippen molar-refractivity contribution in [3.8, 4) is 0 Å². The lowest BCUT2D eigenvalue weighted by molar-refractivity contribution is 0.271. The molecule has 0 aliphatic heterocycles. The molecule has 0 saturated heterocycles. The lowest BCUT2D eigenvalue weighted by Gasteiger charge is -2.12. The molecule has 4 nitrogen and oxygen atoms in total. The number of aliphatic hydroxyl groups is 1. The van der Waals surface area contributed by atoms with Crippen LogP contribution in [0.3, 0.4) is 0 Å². The predicted octanol–water partition coefficient (Wildman–Crippen LogP) is 2.23. The zero-order valence-corrected chi connectivity index (χ0v) is 11.8. The van der Waals surface area contributed by atoms with Crippen molar-refractivity contribution in [3.63, 3.8) is 0 Å². The smallest absolute Gasteiger partial charge is 0.274 e. The SMILES string of the molecule is O=c1c2ccccc2n(Cc2ccccc2)n1CCCO. The van der Waals surface area contributed by atoms with Gasteiger partial charge in [0.1, 0.15) is 0 Å². The van der Waals surface area contributed by atoms with Gasteiger partial charge in [-0.2, -0.15) is 0 Å². The van der Waals surface area contributed by atoms with Gasteiger partial charge in [0.2, 0.25) is 0 Å². The molecule has 0 fully saturated rings. The largest absolute Gasteiger partial charge is 0.396 e. The first-order chi connectivity index (χ1) is 10.3. The minimum absolute atomic E-state index is 0.00924. The second-order valence-corrected chi connectivity index (χ2v) is 5.07. The predicted molar refractivity (Wildman–Crippen MR) is 83.4 cm³/mol. The molecular weight excluding hydrogens is 264 g/mol. The number of benzene rings is 2. The molecule has 0 bridgehead atoms. The van der Waals surface area contributed by atoms with Crippen LogP contribution in [0.5, 0.6) is 0 Å². The van der Waals surface area contributed by atoms with Crippen LogP contribution < -0.4 is 5.56 Å². The van der Waals surface area contributed by atoms with E-state index >= 15 is 0 Å². The summed E-state index contributed by atoms with van der Waals surface area (Å²) >= 11 is 0. The molecule has 21 heavy (non-hydrogen) atoms. The lowest BCUT2D eigenvalue weighted by Crippen LogP contribution is -2.24. The molecule has 0 saturated carbocycles. The normalized spacial score (nSPS) is 11.1. The number of aliphatic hydroxyl groups excluding tert-OH is 1. The molecule has 2 aromatic carbocycles. The highest BCUT2D eigenvalue weighted by Gasteiger charge is 2.12. The standard InChI is InChI=1S/C17H18N2O2/c20-12-6-11-18-17(21)15-9-4-5-10-16(15)19(18)13-14-7-2-1-3-8-14/h1-5,7-10,20H,6,11-13H2. The van der Waals surface area contributed by atoms with Crippen LogP contribution in [0.1, 0.15) is 12.0 Å². The van der Waals surface area contributed by atoms with E-state index in [0.717, 1.165) is 16.5 Å². The van der Waals surface area contributed by atoms with Crippen LogP contribution in [0.4, 0.5) is 0 Å². The van der Waals surface area contributed by atoms with Gasteiger partial charge in [-0.3, -0.25) is 9.48 Å². The fourth-order valence-electron chi connectivity index (χ4n) is 2.63. The molecule has 108 valence electrons. The first-order valence-corrected chi connectivity index (χ1v) is 7.14. The molecule has 0 atom stereocenters. The van der Waals surface area contributed by atoms with E-state index in [-0.39, 0.29) is 12.2 Å². The molecule has 0 unspecified atom stereocenters. The summed E-state index contributed by atoms with van der Waals surface area (Å²) in [7, 11) is 0. The highest BCUT2D eigenvalue weighted by Crippen LogP contribution is 2.13. The first-order valence-electron chi connectivity index (χ1n) is 7.14. The number of hydrogen-bond acceptors (Lipinski definition) is 2. The third kappa shape index (κ3) is 2.62. The third-order valence-corrected chi connectivity index (χ3v) is 3.64. The van der Waals surface area contributed by atoms with E-state index in [1.807, 2.05) is 47.1 Å². The van der Waals surface area contributed by atoms with Crippen LogP contribution in [-0.2, 0) is 13.1 Å². The van der Waals surface area contributed by atoms with E-state index in [2.05, 4.69) is 12.1 Å². The number of rotatable bonds is 5. The number of para-hydroxylation sites is 1. The number of hydrogen-bond donors (Lipinski definition) is 1. The van der Waals surface area contributed by atoms with Crippen molar-refractivity contribution in [1.82, 2.24) is 9.36 Å². The summed E-state index contributed by atoms with van der Waals surface area (Å²) in [6.07, 6.45) is 0.574. The Kier molecular flexibility index (Phi) is 3.88. The number of fused-ring (bicyclic) bond motifs is 1. The summed E-state index contributed by atoms with van der Waals surface area (Å²) < 4.78 is 3.73. The van der Waals surface area contributed by atoms with E-state index in [0.29, 0.717) is 19.5 Å². The van der Waals surface area contributed by atoms with Crippen LogP contribution >= 0.6 is 0 Å². The first kappa shape index (κ1) is 13.6. The molecule has 3 aromatic rings. The van der Waals surface area contributed by atoms with Gasteiger partial charge in [0.05, 0.1) is 17.4 Å². The molecular formula is C17H18N2O2. The molecule has 0 radical (unpaired) electrons. The van der Waals surface area contributed by atoms with Gasteiger partial charge in [-0.15, -0.1) is 0 Å². The van der Waals surface area contributed by atoms with Gasteiger partial charge < -0.3 is 5.11 Å². The average Bonchev–Trinajstić information content (AvgIpc) is 2.79. The Morgan fingerprint density at radius 2 is 1.62 bits per heavy atom. The number of aromatic nitrogens is 2. The van der Waals surface area contributed by atoms with E-state index < -0.39 is 0 Å². The van der Waals surface area contributed by atoms with Crippen LogP contribution in [-0.4, -0.2) is 21.1 Å². The fraction of sp³-hybridized carbons (Fsp3) is 0.235. The van der Waals surface area contributed by atoms with Crippen LogP contribution in [0.15, 0.2) is 59.4 Å². The van der Waals surface area contributed by atoms with Crippen molar-refractivity contribution in [3.05, 3.63) is 70.5 Å². The van der Waals surface area contributed by atoms with E-state index in [1.54, 1.807) is 4.68 Å². The molecule has 0 spiro atoms. The second kappa shape index (κ2) is 5.97. The quantitative estimate of drug-likeness (QED) is 0.780. The average molecular weight is 282 g/mol. The summed E-state index contributed by atoms with van der Waals surface area (Å²) in [6, 6.07) is 17.7. The van der Waals surface area contributed by atoms with Crippen LogP contribution in [0, 0.1) is 0 Å². The lowest BCUT2D eigenvalue weighted by atomic mass is 10.2. The van der Waals surface area contributed by atoms with E-state index in [1.165, 1.54) is 0 Å². The zero-order chi connectivity index (χ0) is 14.7. The number of nitrogens with zero attached hydrogens (tertiary/aromatic N) is 2. The zero-order valence-electron chi connectivity index (χ0n) is 11.8. The van der Waals surface area contributed by atoms with E-state index in [9.17, 15) is 4.79 Å². The molecule has 0 aliphatic rings. The van der Waals surface area contributed by atoms with Gasteiger partial charge >= 0.3 is 0 Å². The maximum atomic E-state index is 12.5. The van der Waals surface area contributed by atoms with Crippen molar-refractivity contribution in [2.45, 2.75) is 19.5 Å². The highest BCUT2D eigenvalue weighted by atomic mass is 16.3. The van der Waals surface area contributed by atoms with Gasteiger partial charge in [-0.1, -0.05) is 42.5 Å². The van der Waals surface area contributed by atoms with Gasteiger partial charge in [0, 0.05) is 13.2 Å². The third-order valence-electron chi connectivity index (χ3n) is 3.64. The fourth-order valence-corrected chi connectivity index (χ4v) is 2.63. The van der Waals surface area contributed by atoms with Crippen molar-refractivity contribution in [2.24, 2.45) is 0 Å². The molecule has 4 heteroatoms. The minimum Gasteiger partial charge on any atom is -0.396 e. The maximum Gasteiger partial charge on any atom is 0.274 e. The van der Waals surface area contributed by atoms with Crippen molar-refractivity contribution >= 4 is 10.9 Å². The van der Waals surface area contributed by atoms with Crippen molar-refractivity contribution in [1.29, 1.82) is 0 Å². The van der Waals surface area contributed by atoms with Gasteiger partial charge in [0.25, 0.3) is 5.56 Å². The summed E-state index contributed by atoms with van der Waals surface area (Å²) in [5, 5.41) is 9.78. The maximum absolute atomic E-state index is 12.5. The molecule has 1 aromatic heterocycles. The Balaban J connectivity index is 2.12. The topological polar surface area (TPSA) is 47.2 Å².